The molecule has 0 bridgehead atoms. The van der Waals surface area contributed by atoms with E-state index in [1.165, 1.54) is 0 Å². The maximum Gasteiger partial charge on any atom is 0.131 e. The molecule has 0 aliphatic heterocycles. The van der Waals surface area contributed by atoms with Crippen LogP contribution in [0.25, 0.3) is 0 Å². The summed E-state index contributed by atoms with van der Waals surface area (Å²) in [5.74, 6) is 5.75. The summed E-state index contributed by atoms with van der Waals surface area (Å²) in [4.78, 5) is 0. The Balaban J connectivity index is 3.98. The van der Waals surface area contributed by atoms with E-state index >= 15 is 0 Å². The Morgan fingerprint density at radius 2 is 2.20 bits per heavy atom. The third-order valence-electron chi connectivity index (χ3n) is 1.79. The van der Waals surface area contributed by atoms with Gasteiger partial charge in [-0.1, -0.05) is 17.9 Å². The fraction of sp³-hybridized carbons (Fsp3) is 0.636. The van der Waals surface area contributed by atoms with E-state index in [1.807, 2.05) is 0 Å². The molecule has 2 nitrogen and oxygen atoms in total. The lowest BCUT2D eigenvalue weighted by atomic mass is 10.1. The Morgan fingerprint density at radius 3 is 2.67 bits per heavy atom. The summed E-state index contributed by atoms with van der Waals surface area (Å²) in [6, 6.07) is -0.0461. The van der Waals surface area contributed by atoms with E-state index in [0.29, 0.717) is 19.6 Å². The quantitative estimate of drug-likeness (QED) is 0.444. The molecule has 0 aliphatic carbocycles. The number of alkyl halides is 2. The molecule has 0 spiro atoms. The van der Waals surface area contributed by atoms with Crippen LogP contribution in [-0.4, -0.2) is 30.6 Å². The molecule has 0 saturated carbocycles. The molecule has 86 valence electrons. The summed E-state index contributed by atoms with van der Waals surface area (Å²) >= 11 is 12.0. The lowest BCUT2D eigenvalue weighted by Crippen LogP contribution is -2.41. The molecule has 4 heteroatoms. The second kappa shape index (κ2) is 8.01. The summed E-state index contributed by atoms with van der Waals surface area (Å²) in [6.07, 6.45) is 2.48. The lowest BCUT2D eigenvalue weighted by molar-refractivity contribution is 0.239. The zero-order chi connectivity index (χ0) is 11.7. The van der Waals surface area contributed by atoms with Crippen LogP contribution < -0.4 is 5.32 Å². The molecule has 0 amide bonds. The van der Waals surface area contributed by atoms with Gasteiger partial charge in [-0.2, -0.15) is 0 Å². The SMILES string of the molecule is C=CCC(NCC#CCOC)C(C)(Cl)Cl. The second-order valence-electron chi connectivity index (χ2n) is 3.20. The van der Waals surface area contributed by atoms with Crippen LogP contribution in [0.4, 0.5) is 0 Å². The Kier molecular flexibility index (Phi) is 7.90. The van der Waals surface area contributed by atoms with Gasteiger partial charge in [0.15, 0.2) is 0 Å². The van der Waals surface area contributed by atoms with Crippen LogP contribution in [0, 0.1) is 11.8 Å². The van der Waals surface area contributed by atoms with E-state index in [2.05, 4.69) is 23.7 Å². The van der Waals surface area contributed by atoms with Gasteiger partial charge in [0.05, 0.1) is 6.54 Å². The minimum absolute atomic E-state index is 0.0461. The van der Waals surface area contributed by atoms with Crippen LogP contribution in [0.15, 0.2) is 12.7 Å². The van der Waals surface area contributed by atoms with E-state index in [-0.39, 0.29) is 6.04 Å². The molecule has 1 N–H and O–H groups in total. The first-order valence-corrected chi connectivity index (χ1v) is 5.44. The zero-order valence-electron chi connectivity index (χ0n) is 9.15. The maximum atomic E-state index is 6.00. The average Bonchev–Trinajstić information content (AvgIpc) is 2.14. The molecule has 0 radical (unpaired) electrons. The topological polar surface area (TPSA) is 21.3 Å². The van der Waals surface area contributed by atoms with Crippen molar-refractivity contribution in [3.63, 3.8) is 0 Å². The van der Waals surface area contributed by atoms with Crippen molar-refractivity contribution in [3.8, 4) is 11.8 Å². The van der Waals surface area contributed by atoms with Gasteiger partial charge >= 0.3 is 0 Å². The van der Waals surface area contributed by atoms with Gasteiger partial charge in [0, 0.05) is 13.2 Å². The summed E-state index contributed by atoms with van der Waals surface area (Å²) in [6.45, 7) is 6.38. The Morgan fingerprint density at radius 1 is 1.53 bits per heavy atom. The minimum Gasteiger partial charge on any atom is -0.372 e. The van der Waals surface area contributed by atoms with Crippen molar-refractivity contribution in [3.05, 3.63) is 12.7 Å². The van der Waals surface area contributed by atoms with Crippen LogP contribution in [0.3, 0.4) is 0 Å². The van der Waals surface area contributed by atoms with Crippen LogP contribution in [0.1, 0.15) is 13.3 Å². The van der Waals surface area contributed by atoms with E-state index in [9.17, 15) is 0 Å². The number of methoxy groups -OCH3 is 1. The molecule has 0 aromatic rings. The summed E-state index contributed by atoms with van der Waals surface area (Å²) in [5.41, 5.74) is 0. The highest BCUT2D eigenvalue weighted by Crippen LogP contribution is 2.26. The highest BCUT2D eigenvalue weighted by atomic mass is 35.5. The van der Waals surface area contributed by atoms with Gasteiger partial charge < -0.3 is 10.1 Å². The predicted octanol–water partition coefficient (Wildman–Crippen LogP) is 2.36. The molecule has 0 fully saturated rings. The fourth-order valence-electron chi connectivity index (χ4n) is 0.996. The zero-order valence-corrected chi connectivity index (χ0v) is 10.7. The average molecular weight is 250 g/mol. The van der Waals surface area contributed by atoms with E-state index in [1.54, 1.807) is 20.1 Å². The first-order valence-electron chi connectivity index (χ1n) is 4.69. The van der Waals surface area contributed by atoms with Gasteiger partial charge in [0.1, 0.15) is 10.9 Å². The normalized spacial score (nSPS) is 12.8. The molecular formula is C11H17Cl2NO. The van der Waals surface area contributed by atoms with Crippen LogP contribution in [0.2, 0.25) is 0 Å². The number of ether oxygens (including phenoxy) is 1. The Hall–Kier alpha value is -0.200. The standard InChI is InChI=1S/C11H17Cl2NO/c1-4-7-10(11(2,12)13)14-8-5-6-9-15-3/h4,10,14H,1,7-9H2,2-3H3. The van der Waals surface area contributed by atoms with E-state index in [4.69, 9.17) is 27.9 Å². The van der Waals surface area contributed by atoms with Crippen molar-refractivity contribution in [1.82, 2.24) is 5.32 Å². The molecule has 0 aromatic carbocycles. The Bertz CT molecular complexity index is 237. The number of hydrogen-bond donors (Lipinski definition) is 1. The summed E-state index contributed by atoms with van der Waals surface area (Å²) < 4.78 is 3.97. The predicted molar refractivity (Wildman–Crippen MR) is 66.4 cm³/mol. The molecule has 1 atom stereocenters. The monoisotopic (exact) mass is 249 g/mol. The van der Waals surface area contributed by atoms with Crippen molar-refractivity contribution in [2.45, 2.75) is 23.7 Å². The smallest absolute Gasteiger partial charge is 0.131 e. The van der Waals surface area contributed by atoms with Crippen LogP contribution >= 0.6 is 23.2 Å². The number of rotatable bonds is 6. The largest absolute Gasteiger partial charge is 0.372 e. The molecule has 0 aromatic heterocycles. The first kappa shape index (κ1) is 14.8. The van der Waals surface area contributed by atoms with Crippen molar-refractivity contribution in [1.29, 1.82) is 0 Å². The van der Waals surface area contributed by atoms with Gasteiger partial charge in [-0.3, -0.25) is 0 Å². The molecule has 1 unspecified atom stereocenters. The molecule has 0 rings (SSSR count). The summed E-state index contributed by atoms with van der Waals surface area (Å²) in [7, 11) is 1.61. The van der Waals surface area contributed by atoms with Crippen molar-refractivity contribution in [2.24, 2.45) is 0 Å². The van der Waals surface area contributed by atoms with Crippen molar-refractivity contribution < 1.29 is 4.74 Å². The van der Waals surface area contributed by atoms with Gasteiger partial charge in [-0.25, -0.2) is 0 Å². The fourth-order valence-corrected chi connectivity index (χ4v) is 1.33. The lowest BCUT2D eigenvalue weighted by Gasteiger charge is -2.25. The maximum absolute atomic E-state index is 6.00. The van der Waals surface area contributed by atoms with Crippen molar-refractivity contribution >= 4 is 23.2 Å². The third-order valence-corrected chi connectivity index (χ3v) is 2.32. The molecular weight excluding hydrogens is 233 g/mol. The van der Waals surface area contributed by atoms with Crippen LogP contribution in [0.5, 0.6) is 0 Å². The van der Waals surface area contributed by atoms with E-state index in [0.717, 1.165) is 0 Å². The second-order valence-corrected chi connectivity index (χ2v) is 4.96. The first-order chi connectivity index (χ1) is 7.02. The van der Waals surface area contributed by atoms with Gasteiger partial charge in [-0.05, 0) is 13.3 Å². The van der Waals surface area contributed by atoms with Gasteiger partial charge in [-0.15, -0.1) is 29.8 Å². The number of halogens is 2. The van der Waals surface area contributed by atoms with Gasteiger partial charge in [0.25, 0.3) is 0 Å². The van der Waals surface area contributed by atoms with Crippen LogP contribution in [-0.2, 0) is 4.74 Å². The highest BCUT2D eigenvalue weighted by molar-refractivity contribution is 6.48. The molecule has 0 heterocycles. The number of nitrogens with one attached hydrogen (secondary N) is 1. The Labute approximate surface area is 102 Å². The van der Waals surface area contributed by atoms with E-state index < -0.39 is 4.33 Å². The third kappa shape index (κ3) is 7.70. The highest BCUT2D eigenvalue weighted by Gasteiger charge is 2.27. The molecule has 0 aliphatic rings. The number of hydrogen-bond acceptors (Lipinski definition) is 2. The van der Waals surface area contributed by atoms with Gasteiger partial charge in [0.2, 0.25) is 0 Å². The minimum atomic E-state index is -0.822. The molecule has 0 saturated heterocycles. The summed E-state index contributed by atoms with van der Waals surface area (Å²) in [5, 5.41) is 3.16. The molecule has 15 heavy (non-hydrogen) atoms. The van der Waals surface area contributed by atoms with Crippen molar-refractivity contribution in [2.75, 3.05) is 20.3 Å².